The van der Waals surface area contributed by atoms with Crippen molar-refractivity contribution in [1.29, 1.82) is 0 Å². The van der Waals surface area contributed by atoms with Gasteiger partial charge in [-0.25, -0.2) is 15.0 Å². The summed E-state index contributed by atoms with van der Waals surface area (Å²) < 4.78 is 11.2. The fraction of sp³-hybridized carbons (Fsp3) is 0. The second-order valence-corrected chi connectivity index (χ2v) is 13.8. The van der Waals surface area contributed by atoms with Crippen LogP contribution in [0.4, 0.5) is 0 Å². The molecule has 0 radical (unpaired) electrons. The summed E-state index contributed by atoms with van der Waals surface area (Å²) in [4.78, 5) is 15.6. The molecule has 4 heterocycles. The molecule has 0 N–H and O–H groups in total. The Kier molecular flexibility index (Phi) is 6.05. The minimum atomic E-state index is 0.597. The van der Waals surface area contributed by atoms with E-state index in [9.17, 15) is 0 Å². The number of fused-ring (bicyclic) bond motifs is 10. The summed E-state index contributed by atoms with van der Waals surface area (Å²) in [6, 6.07) is 54.8. The molecule has 238 valence electrons. The van der Waals surface area contributed by atoms with Crippen molar-refractivity contribution in [3.8, 4) is 39.9 Å². The summed E-state index contributed by atoms with van der Waals surface area (Å²) in [5.41, 5.74) is 7.72. The lowest BCUT2D eigenvalue weighted by Gasteiger charge is -2.15. The molecule has 0 bridgehead atoms. The number of furan rings is 1. The Labute approximate surface area is 295 Å². The number of para-hydroxylation sites is 3. The number of aromatic nitrogens is 4. The van der Waals surface area contributed by atoms with E-state index in [2.05, 4.69) is 102 Å². The first-order valence-corrected chi connectivity index (χ1v) is 17.8. The van der Waals surface area contributed by atoms with Crippen molar-refractivity contribution in [3.05, 3.63) is 158 Å². The van der Waals surface area contributed by atoms with Crippen molar-refractivity contribution in [2.24, 2.45) is 0 Å². The first-order chi connectivity index (χ1) is 25.3. The van der Waals surface area contributed by atoms with Crippen LogP contribution in [0.15, 0.2) is 162 Å². The summed E-state index contributed by atoms with van der Waals surface area (Å²) >= 11 is 1.85. The summed E-state index contributed by atoms with van der Waals surface area (Å²) in [6.45, 7) is 0. The molecule has 0 amide bonds. The van der Waals surface area contributed by atoms with E-state index in [1.165, 1.54) is 36.5 Å². The van der Waals surface area contributed by atoms with Gasteiger partial charge >= 0.3 is 0 Å². The van der Waals surface area contributed by atoms with Crippen LogP contribution in [0, 0.1) is 0 Å². The Bertz CT molecular complexity index is 3150. The van der Waals surface area contributed by atoms with E-state index in [0.29, 0.717) is 17.5 Å². The molecule has 51 heavy (non-hydrogen) atoms. The predicted octanol–water partition coefficient (Wildman–Crippen LogP) is 12.2. The van der Waals surface area contributed by atoms with Gasteiger partial charge in [-0.3, -0.25) is 0 Å². The summed E-state index contributed by atoms with van der Waals surface area (Å²) in [7, 11) is 0. The van der Waals surface area contributed by atoms with Crippen LogP contribution >= 0.6 is 11.3 Å². The van der Waals surface area contributed by atoms with Gasteiger partial charge in [0.25, 0.3) is 0 Å². The highest BCUT2D eigenvalue weighted by Gasteiger charge is 2.22. The van der Waals surface area contributed by atoms with E-state index >= 15 is 0 Å². The molecular weight excluding hydrogens is 645 g/mol. The van der Waals surface area contributed by atoms with Gasteiger partial charge in [-0.2, -0.15) is 0 Å². The van der Waals surface area contributed by atoms with Gasteiger partial charge in [-0.15, -0.1) is 11.3 Å². The van der Waals surface area contributed by atoms with Crippen LogP contribution < -0.4 is 0 Å². The van der Waals surface area contributed by atoms with Crippen molar-refractivity contribution in [1.82, 2.24) is 19.5 Å². The van der Waals surface area contributed by atoms with Crippen LogP contribution in [0.25, 0.3) is 104 Å². The van der Waals surface area contributed by atoms with Gasteiger partial charge in [-0.1, -0.05) is 121 Å². The molecule has 0 spiro atoms. The Balaban J connectivity index is 1.23. The Morgan fingerprint density at radius 1 is 0.451 bits per heavy atom. The van der Waals surface area contributed by atoms with Crippen molar-refractivity contribution in [2.75, 3.05) is 0 Å². The van der Waals surface area contributed by atoms with Crippen LogP contribution in [-0.4, -0.2) is 19.5 Å². The molecule has 0 atom stereocenters. The molecule has 0 saturated carbocycles. The van der Waals surface area contributed by atoms with Gasteiger partial charge in [0, 0.05) is 53.7 Å². The SMILES string of the molecule is c1ccc(-c2nc(-c3ccccc3-n3c4ccccc4c4ccc5c6ccccc6sc5c43)nc(-c3cccc4oc5ccccc5c34)n2)cc1. The van der Waals surface area contributed by atoms with Gasteiger partial charge in [0.2, 0.25) is 0 Å². The minimum absolute atomic E-state index is 0.597. The summed E-state index contributed by atoms with van der Waals surface area (Å²) in [6.07, 6.45) is 0. The highest BCUT2D eigenvalue weighted by atomic mass is 32.1. The normalized spacial score (nSPS) is 11.9. The van der Waals surface area contributed by atoms with Crippen LogP contribution in [0.2, 0.25) is 0 Å². The average molecular weight is 671 g/mol. The maximum atomic E-state index is 6.28. The standard InChI is InChI=1S/C45H26N4OS/c1-2-13-27(14-3-1)43-46-44(48-45(47-43)34-19-12-23-38-40(34)33-18-6-10-22-37(33)50-38)32-17-5-9-21-36(32)49-35-20-8-4-15-28(35)30-25-26-31-29-16-7-11-24-39(29)51-42(31)41(30)49/h1-26H. The second kappa shape index (κ2) is 10.9. The molecule has 0 unspecified atom stereocenters. The summed E-state index contributed by atoms with van der Waals surface area (Å²) in [5.74, 6) is 1.82. The van der Waals surface area contributed by atoms with Crippen LogP contribution in [0.3, 0.4) is 0 Å². The predicted molar refractivity (Wildman–Crippen MR) is 211 cm³/mol. The average Bonchev–Trinajstić information content (AvgIpc) is 3.88. The molecule has 0 aliphatic carbocycles. The number of nitrogens with zero attached hydrogens (tertiary/aromatic N) is 4. The maximum absolute atomic E-state index is 6.28. The number of benzene rings is 7. The first-order valence-electron chi connectivity index (χ1n) is 17.0. The van der Waals surface area contributed by atoms with E-state index in [-0.39, 0.29) is 0 Å². The zero-order chi connectivity index (χ0) is 33.5. The van der Waals surface area contributed by atoms with E-state index in [1.54, 1.807) is 0 Å². The smallest absolute Gasteiger partial charge is 0.166 e. The van der Waals surface area contributed by atoms with Crippen molar-refractivity contribution >= 4 is 75.3 Å². The zero-order valence-corrected chi connectivity index (χ0v) is 27.9. The monoisotopic (exact) mass is 670 g/mol. The third kappa shape index (κ3) is 4.24. The maximum Gasteiger partial charge on any atom is 0.166 e. The first kappa shape index (κ1) is 28.2. The topological polar surface area (TPSA) is 56.7 Å². The number of hydrogen-bond acceptors (Lipinski definition) is 5. The fourth-order valence-corrected chi connectivity index (χ4v) is 8.87. The Morgan fingerprint density at radius 3 is 2.00 bits per heavy atom. The largest absolute Gasteiger partial charge is 0.456 e. The van der Waals surface area contributed by atoms with E-state index in [0.717, 1.165) is 49.8 Å². The van der Waals surface area contributed by atoms with E-state index in [4.69, 9.17) is 19.4 Å². The fourth-order valence-electron chi connectivity index (χ4n) is 7.63. The number of rotatable bonds is 4. The molecule has 5 nitrogen and oxygen atoms in total. The second-order valence-electron chi connectivity index (χ2n) is 12.8. The molecule has 11 aromatic rings. The minimum Gasteiger partial charge on any atom is -0.456 e. The highest BCUT2D eigenvalue weighted by Crippen LogP contribution is 2.44. The third-order valence-corrected chi connectivity index (χ3v) is 11.1. The lowest BCUT2D eigenvalue weighted by molar-refractivity contribution is 0.669. The lowest BCUT2D eigenvalue weighted by atomic mass is 10.1. The van der Waals surface area contributed by atoms with E-state index < -0.39 is 0 Å². The van der Waals surface area contributed by atoms with Crippen molar-refractivity contribution < 1.29 is 4.42 Å². The highest BCUT2D eigenvalue weighted by molar-refractivity contribution is 7.26. The molecule has 4 aromatic heterocycles. The molecule has 0 fully saturated rings. The van der Waals surface area contributed by atoms with Crippen LogP contribution in [0.5, 0.6) is 0 Å². The third-order valence-electron chi connectivity index (χ3n) is 9.88. The van der Waals surface area contributed by atoms with Gasteiger partial charge in [0.15, 0.2) is 17.5 Å². The van der Waals surface area contributed by atoms with Gasteiger partial charge in [0.05, 0.1) is 21.4 Å². The molecule has 0 aliphatic heterocycles. The molecule has 11 rings (SSSR count). The lowest BCUT2D eigenvalue weighted by Crippen LogP contribution is -2.03. The Morgan fingerprint density at radius 2 is 1.10 bits per heavy atom. The molecular formula is C45H26N4OS. The Hall–Kier alpha value is -6.63. The van der Waals surface area contributed by atoms with Gasteiger partial charge in [-0.05, 0) is 36.4 Å². The van der Waals surface area contributed by atoms with Crippen molar-refractivity contribution in [2.45, 2.75) is 0 Å². The molecule has 6 heteroatoms. The van der Waals surface area contributed by atoms with Crippen molar-refractivity contribution in [3.63, 3.8) is 0 Å². The number of thiophene rings is 1. The molecule has 7 aromatic carbocycles. The summed E-state index contributed by atoms with van der Waals surface area (Å²) in [5, 5.41) is 7.00. The van der Waals surface area contributed by atoms with E-state index in [1.807, 2.05) is 72.0 Å². The van der Waals surface area contributed by atoms with Gasteiger partial charge < -0.3 is 8.98 Å². The molecule has 0 aliphatic rings. The quantitative estimate of drug-likeness (QED) is 0.187. The zero-order valence-electron chi connectivity index (χ0n) is 27.1. The van der Waals surface area contributed by atoms with Crippen LogP contribution in [-0.2, 0) is 0 Å². The number of hydrogen-bond donors (Lipinski definition) is 0. The van der Waals surface area contributed by atoms with Crippen LogP contribution in [0.1, 0.15) is 0 Å². The molecule has 0 saturated heterocycles. The van der Waals surface area contributed by atoms with Gasteiger partial charge in [0.1, 0.15) is 11.2 Å².